The van der Waals surface area contributed by atoms with E-state index >= 15 is 0 Å². The van der Waals surface area contributed by atoms with E-state index in [4.69, 9.17) is 27.9 Å². The molecular formula is C15H21Cl3N2O2. The van der Waals surface area contributed by atoms with Crippen molar-refractivity contribution in [3.8, 4) is 5.75 Å². The van der Waals surface area contributed by atoms with Crippen molar-refractivity contribution in [3.63, 3.8) is 0 Å². The number of hydrogen-bond donors (Lipinski definition) is 2. The minimum Gasteiger partial charge on any atom is -0.492 e. The molecule has 1 fully saturated rings. The van der Waals surface area contributed by atoms with Crippen LogP contribution in [0.3, 0.4) is 0 Å². The van der Waals surface area contributed by atoms with E-state index in [0.717, 1.165) is 25.8 Å². The van der Waals surface area contributed by atoms with Gasteiger partial charge in [-0.1, -0.05) is 23.2 Å². The second-order valence-corrected chi connectivity index (χ2v) is 5.97. The molecular weight excluding hydrogens is 347 g/mol. The summed E-state index contributed by atoms with van der Waals surface area (Å²) in [5.41, 5.74) is 0. The molecule has 124 valence electrons. The number of nitrogens with one attached hydrogen (secondary N) is 2. The van der Waals surface area contributed by atoms with Crippen LogP contribution in [0.25, 0.3) is 0 Å². The highest BCUT2D eigenvalue weighted by molar-refractivity contribution is 6.35. The second kappa shape index (κ2) is 10.2. The SMILES string of the molecule is Cl.O=C(CC1CCCN1)NCCCOc1ccc(Cl)cc1Cl. The Morgan fingerprint density at radius 2 is 2.23 bits per heavy atom. The first kappa shape index (κ1) is 19.4. The summed E-state index contributed by atoms with van der Waals surface area (Å²) >= 11 is 11.8. The van der Waals surface area contributed by atoms with Crippen LogP contribution in [0.1, 0.15) is 25.7 Å². The molecule has 1 amide bonds. The molecule has 7 heteroatoms. The van der Waals surface area contributed by atoms with Crippen molar-refractivity contribution in [1.29, 1.82) is 0 Å². The summed E-state index contributed by atoms with van der Waals surface area (Å²) in [4.78, 5) is 11.7. The predicted octanol–water partition coefficient (Wildman–Crippen LogP) is 3.44. The third-order valence-corrected chi connectivity index (χ3v) is 3.92. The van der Waals surface area contributed by atoms with Crippen molar-refractivity contribution in [2.45, 2.75) is 31.7 Å². The Morgan fingerprint density at radius 1 is 1.41 bits per heavy atom. The van der Waals surface area contributed by atoms with Gasteiger partial charge in [-0.3, -0.25) is 4.79 Å². The maximum Gasteiger partial charge on any atom is 0.221 e. The molecule has 0 aliphatic carbocycles. The fraction of sp³-hybridized carbons (Fsp3) is 0.533. The van der Waals surface area contributed by atoms with Crippen molar-refractivity contribution in [2.24, 2.45) is 0 Å². The first-order valence-electron chi connectivity index (χ1n) is 7.23. The smallest absolute Gasteiger partial charge is 0.221 e. The molecule has 1 atom stereocenters. The summed E-state index contributed by atoms with van der Waals surface area (Å²) in [7, 11) is 0. The Labute approximate surface area is 147 Å². The van der Waals surface area contributed by atoms with Crippen LogP contribution in [0.4, 0.5) is 0 Å². The molecule has 22 heavy (non-hydrogen) atoms. The highest BCUT2D eigenvalue weighted by Crippen LogP contribution is 2.27. The highest BCUT2D eigenvalue weighted by Gasteiger charge is 2.17. The van der Waals surface area contributed by atoms with Crippen molar-refractivity contribution in [2.75, 3.05) is 19.7 Å². The van der Waals surface area contributed by atoms with Crippen LogP contribution in [0.2, 0.25) is 10.0 Å². The zero-order chi connectivity index (χ0) is 15.1. The quantitative estimate of drug-likeness (QED) is 0.726. The first-order valence-corrected chi connectivity index (χ1v) is 7.98. The number of carbonyl (C=O) groups excluding carboxylic acids is 1. The molecule has 1 aliphatic rings. The molecule has 2 N–H and O–H groups in total. The molecule has 0 bridgehead atoms. The fourth-order valence-corrected chi connectivity index (χ4v) is 2.76. The summed E-state index contributed by atoms with van der Waals surface area (Å²) in [6.07, 6.45) is 3.55. The van der Waals surface area contributed by atoms with Gasteiger partial charge in [-0.25, -0.2) is 0 Å². The van der Waals surface area contributed by atoms with Crippen LogP contribution >= 0.6 is 35.6 Å². The van der Waals surface area contributed by atoms with Gasteiger partial charge < -0.3 is 15.4 Å². The first-order chi connectivity index (χ1) is 10.1. The lowest BCUT2D eigenvalue weighted by Crippen LogP contribution is -2.32. The predicted molar refractivity (Wildman–Crippen MR) is 92.5 cm³/mol. The van der Waals surface area contributed by atoms with Crippen LogP contribution in [0.15, 0.2) is 18.2 Å². The monoisotopic (exact) mass is 366 g/mol. The molecule has 1 saturated heterocycles. The maximum atomic E-state index is 11.7. The Kier molecular flexibility index (Phi) is 8.95. The molecule has 4 nitrogen and oxygen atoms in total. The molecule has 0 spiro atoms. The van der Waals surface area contributed by atoms with Crippen LogP contribution < -0.4 is 15.4 Å². The van der Waals surface area contributed by atoms with E-state index in [9.17, 15) is 4.79 Å². The minimum atomic E-state index is 0. The van der Waals surface area contributed by atoms with Crippen molar-refractivity contribution < 1.29 is 9.53 Å². The molecule has 0 radical (unpaired) electrons. The molecule has 1 aliphatic heterocycles. The van der Waals surface area contributed by atoms with Crippen molar-refractivity contribution >= 4 is 41.5 Å². The number of halogens is 3. The van der Waals surface area contributed by atoms with E-state index in [1.54, 1.807) is 18.2 Å². The third-order valence-electron chi connectivity index (χ3n) is 3.39. The minimum absolute atomic E-state index is 0. The standard InChI is InChI=1S/C15H20Cl2N2O2.ClH/c16-11-4-5-14(13(17)9-11)21-8-2-7-19-15(20)10-12-3-1-6-18-12;/h4-5,9,12,18H,1-3,6-8,10H2,(H,19,20);1H. The van der Waals surface area contributed by atoms with E-state index in [0.29, 0.717) is 41.4 Å². The number of benzene rings is 1. The van der Waals surface area contributed by atoms with Gasteiger partial charge in [0, 0.05) is 24.0 Å². The van der Waals surface area contributed by atoms with E-state index in [1.165, 1.54) is 0 Å². The lowest BCUT2D eigenvalue weighted by atomic mass is 10.1. The van der Waals surface area contributed by atoms with Crippen molar-refractivity contribution in [3.05, 3.63) is 28.2 Å². The molecule has 1 heterocycles. The van der Waals surface area contributed by atoms with Gasteiger partial charge in [0.1, 0.15) is 5.75 Å². The Morgan fingerprint density at radius 3 is 2.91 bits per heavy atom. The van der Waals surface area contributed by atoms with Crippen LogP contribution in [0.5, 0.6) is 5.75 Å². The average molecular weight is 368 g/mol. The maximum absolute atomic E-state index is 11.7. The summed E-state index contributed by atoms with van der Waals surface area (Å²) in [5, 5.41) is 7.30. The zero-order valence-corrected chi connectivity index (χ0v) is 14.6. The number of amides is 1. The Balaban J connectivity index is 0.00000242. The van der Waals surface area contributed by atoms with Crippen LogP contribution in [-0.2, 0) is 4.79 Å². The van der Waals surface area contributed by atoms with Crippen molar-refractivity contribution in [1.82, 2.24) is 10.6 Å². The summed E-state index contributed by atoms with van der Waals surface area (Å²) < 4.78 is 5.55. The summed E-state index contributed by atoms with van der Waals surface area (Å²) in [5.74, 6) is 0.710. The van der Waals surface area contributed by atoms with Gasteiger partial charge in [-0.05, 0) is 44.0 Å². The fourth-order valence-electron chi connectivity index (χ4n) is 2.30. The third kappa shape index (κ3) is 6.61. The number of carbonyl (C=O) groups is 1. The molecule has 1 aromatic rings. The lowest BCUT2D eigenvalue weighted by Gasteiger charge is -2.11. The van der Waals surface area contributed by atoms with Gasteiger partial charge in [0.15, 0.2) is 0 Å². The van der Waals surface area contributed by atoms with Gasteiger partial charge in [-0.2, -0.15) is 0 Å². The number of hydrogen-bond acceptors (Lipinski definition) is 3. The lowest BCUT2D eigenvalue weighted by molar-refractivity contribution is -0.121. The largest absolute Gasteiger partial charge is 0.492 e. The van der Waals surface area contributed by atoms with Crippen LogP contribution in [0, 0.1) is 0 Å². The van der Waals surface area contributed by atoms with Crippen LogP contribution in [-0.4, -0.2) is 31.6 Å². The summed E-state index contributed by atoms with van der Waals surface area (Å²) in [6, 6.07) is 5.47. The Hall–Kier alpha value is -0.680. The number of ether oxygens (including phenoxy) is 1. The molecule has 1 aromatic carbocycles. The normalized spacial score (nSPS) is 16.9. The van der Waals surface area contributed by atoms with Gasteiger partial charge in [0.05, 0.1) is 11.6 Å². The molecule has 1 unspecified atom stereocenters. The molecule has 0 aromatic heterocycles. The zero-order valence-electron chi connectivity index (χ0n) is 12.2. The molecule has 2 rings (SSSR count). The second-order valence-electron chi connectivity index (χ2n) is 5.12. The van der Waals surface area contributed by atoms with E-state index < -0.39 is 0 Å². The Bertz CT molecular complexity index is 480. The van der Waals surface area contributed by atoms with E-state index in [-0.39, 0.29) is 18.3 Å². The van der Waals surface area contributed by atoms with Gasteiger partial charge in [0.25, 0.3) is 0 Å². The molecule has 0 saturated carbocycles. The van der Waals surface area contributed by atoms with Gasteiger partial charge in [0.2, 0.25) is 5.91 Å². The van der Waals surface area contributed by atoms with Gasteiger partial charge >= 0.3 is 0 Å². The topological polar surface area (TPSA) is 50.4 Å². The highest BCUT2D eigenvalue weighted by atomic mass is 35.5. The van der Waals surface area contributed by atoms with E-state index in [2.05, 4.69) is 10.6 Å². The number of rotatable bonds is 7. The summed E-state index contributed by atoms with van der Waals surface area (Å²) in [6.45, 7) is 2.13. The van der Waals surface area contributed by atoms with Gasteiger partial charge in [-0.15, -0.1) is 12.4 Å². The van der Waals surface area contributed by atoms with E-state index in [1.807, 2.05) is 0 Å². The average Bonchev–Trinajstić information content (AvgIpc) is 2.93.